The molecular formula is C19H25N3O4. The molecule has 1 saturated heterocycles. The van der Waals surface area contributed by atoms with E-state index in [-0.39, 0.29) is 29.3 Å². The summed E-state index contributed by atoms with van der Waals surface area (Å²) >= 11 is 0. The maximum absolute atomic E-state index is 12.6. The maximum Gasteiger partial charge on any atom is 0.319 e. The van der Waals surface area contributed by atoms with E-state index < -0.39 is 5.97 Å². The summed E-state index contributed by atoms with van der Waals surface area (Å²) in [5, 5.41) is 14.6. The number of rotatable bonds is 4. The standard InChI is InChI=1S/C19H25N3O4/c1-12(2)20-18(26)21-14-5-3-13(4-6-14)16(23)22-9-7-19(8-10-22)11-15(19)17(24)25/h3-6,12,15H,7-11H2,1-2H3,(H,24,25)(H2,20,21,26). The lowest BCUT2D eigenvalue weighted by Crippen LogP contribution is -2.40. The Morgan fingerprint density at radius 1 is 1.15 bits per heavy atom. The summed E-state index contributed by atoms with van der Waals surface area (Å²) in [7, 11) is 0. The summed E-state index contributed by atoms with van der Waals surface area (Å²) in [6.07, 6.45) is 2.25. The molecule has 7 nitrogen and oxygen atoms in total. The summed E-state index contributed by atoms with van der Waals surface area (Å²) < 4.78 is 0. The fourth-order valence-corrected chi connectivity index (χ4v) is 3.71. The van der Waals surface area contributed by atoms with E-state index in [9.17, 15) is 14.4 Å². The third-order valence-corrected chi connectivity index (χ3v) is 5.34. The molecule has 2 fully saturated rings. The Labute approximate surface area is 152 Å². The van der Waals surface area contributed by atoms with Crippen LogP contribution < -0.4 is 10.6 Å². The van der Waals surface area contributed by atoms with Crippen molar-refractivity contribution in [1.29, 1.82) is 0 Å². The van der Waals surface area contributed by atoms with Crippen molar-refractivity contribution in [2.75, 3.05) is 18.4 Å². The molecule has 0 radical (unpaired) electrons. The minimum Gasteiger partial charge on any atom is -0.481 e. The molecule has 7 heteroatoms. The number of anilines is 1. The van der Waals surface area contributed by atoms with Crippen LogP contribution in [0.4, 0.5) is 10.5 Å². The van der Waals surface area contributed by atoms with Crippen molar-refractivity contribution in [1.82, 2.24) is 10.2 Å². The van der Waals surface area contributed by atoms with Gasteiger partial charge in [-0.3, -0.25) is 9.59 Å². The second-order valence-corrected chi connectivity index (χ2v) is 7.58. The lowest BCUT2D eigenvalue weighted by atomic mass is 9.90. The number of hydrogen-bond acceptors (Lipinski definition) is 3. The topological polar surface area (TPSA) is 98.7 Å². The van der Waals surface area contributed by atoms with Gasteiger partial charge in [0, 0.05) is 30.4 Å². The zero-order valence-corrected chi connectivity index (χ0v) is 15.1. The highest BCUT2D eigenvalue weighted by Crippen LogP contribution is 2.59. The zero-order valence-electron chi connectivity index (χ0n) is 15.1. The molecule has 1 spiro atoms. The molecule has 140 valence electrons. The van der Waals surface area contributed by atoms with Gasteiger partial charge in [-0.15, -0.1) is 0 Å². The van der Waals surface area contributed by atoms with E-state index in [4.69, 9.17) is 5.11 Å². The Morgan fingerprint density at radius 2 is 1.77 bits per heavy atom. The Kier molecular flexibility index (Phi) is 4.89. The first-order valence-corrected chi connectivity index (χ1v) is 9.00. The molecule has 1 aromatic carbocycles. The number of carbonyl (C=O) groups excluding carboxylic acids is 2. The highest BCUT2D eigenvalue weighted by Gasteiger charge is 2.59. The first kappa shape index (κ1) is 18.2. The average Bonchev–Trinajstić information content (AvgIpc) is 3.29. The van der Waals surface area contributed by atoms with E-state index in [1.807, 2.05) is 13.8 Å². The number of amides is 3. The number of carboxylic acid groups (broad SMARTS) is 1. The van der Waals surface area contributed by atoms with E-state index in [1.165, 1.54) is 0 Å². The van der Waals surface area contributed by atoms with Gasteiger partial charge in [0.15, 0.2) is 0 Å². The maximum atomic E-state index is 12.6. The van der Waals surface area contributed by atoms with E-state index in [0.29, 0.717) is 24.3 Å². The summed E-state index contributed by atoms with van der Waals surface area (Å²) in [5.41, 5.74) is 1.11. The number of aliphatic carboxylic acids is 1. The second-order valence-electron chi connectivity index (χ2n) is 7.58. The van der Waals surface area contributed by atoms with Crippen LogP contribution in [0, 0.1) is 11.3 Å². The molecule has 26 heavy (non-hydrogen) atoms. The Bertz CT molecular complexity index is 706. The number of urea groups is 1. The van der Waals surface area contributed by atoms with Crippen LogP contribution in [0.25, 0.3) is 0 Å². The predicted octanol–water partition coefficient (Wildman–Crippen LogP) is 2.54. The molecule has 0 bridgehead atoms. The van der Waals surface area contributed by atoms with E-state index in [2.05, 4.69) is 10.6 Å². The van der Waals surface area contributed by atoms with Crippen molar-refractivity contribution < 1.29 is 19.5 Å². The molecular weight excluding hydrogens is 334 g/mol. The lowest BCUT2D eigenvalue weighted by molar-refractivity contribution is -0.139. The van der Waals surface area contributed by atoms with Crippen molar-refractivity contribution in [3.63, 3.8) is 0 Å². The SMILES string of the molecule is CC(C)NC(=O)Nc1ccc(C(=O)N2CCC3(CC2)CC3C(=O)O)cc1. The third kappa shape index (κ3) is 3.81. The number of nitrogens with zero attached hydrogens (tertiary/aromatic N) is 1. The van der Waals surface area contributed by atoms with Crippen LogP contribution in [0.15, 0.2) is 24.3 Å². The summed E-state index contributed by atoms with van der Waals surface area (Å²) in [6, 6.07) is 6.59. The van der Waals surface area contributed by atoms with Gasteiger partial charge in [-0.2, -0.15) is 0 Å². The van der Waals surface area contributed by atoms with Crippen LogP contribution in [0.5, 0.6) is 0 Å². The zero-order chi connectivity index (χ0) is 18.9. The van der Waals surface area contributed by atoms with Gasteiger partial charge in [-0.05, 0) is 62.8 Å². The van der Waals surface area contributed by atoms with Crippen molar-refractivity contribution in [2.24, 2.45) is 11.3 Å². The Morgan fingerprint density at radius 3 is 2.27 bits per heavy atom. The molecule has 3 amide bonds. The predicted molar refractivity (Wildman–Crippen MR) is 97.0 cm³/mol. The van der Waals surface area contributed by atoms with Crippen LogP contribution in [-0.2, 0) is 4.79 Å². The van der Waals surface area contributed by atoms with Crippen molar-refractivity contribution in [3.8, 4) is 0 Å². The van der Waals surface area contributed by atoms with Gasteiger partial charge in [0.25, 0.3) is 5.91 Å². The van der Waals surface area contributed by atoms with E-state index >= 15 is 0 Å². The lowest BCUT2D eigenvalue weighted by Gasteiger charge is -2.32. The minimum atomic E-state index is -0.714. The first-order valence-electron chi connectivity index (χ1n) is 9.00. The van der Waals surface area contributed by atoms with Gasteiger partial charge in [0.2, 0.25) is 0 Å². The quantitative estimate of drug-likeness (QED) is 0.769. The number of hydrogen-bond donors (Lipinski definition) is 3. The van der Waals surface area contributed by atoms with Crippen molar-refractivity contribution in [2.45, 2.75) is 39.2 Å². The largest absolute Gasteiger partial charge is 0.481 e. The van der Waals surface area contributed by atoms with E-state index in [1.54, 1.807) is 29.2 Å². The van der Waals surface area contributed by atoms with Gasteiger partial charge >= 0.3 is 12.0 Å². The third-order valence-electron chi connectivity index (χ3n) is 5.34. The van der Waals surface area contributed by atoms with Crippen LogP contribution in [0.3, 0.4) is 0 Å². The first-order chi connectivity index (χ1) is 12.3. The molecule has 3 rings (SSSR count). The van der Waals surface area contributed by atoms with Gasteiger partial charge in [-0.1, -0.05) is 0 Å². The number of carboxylic acids is 1. The molecule has 1 atom stereocenters. The van der Waals surface area contributed by atoms with Crippen LogP contribution in [-0.4, -0.2) is 47.0 Å². The molecule has 1 aliphatic carbocycles. The van der Waals surface area contributed by atoms with Crippen LogP contribution in [0.1, 0.15) is 43.5 Å². The number of likely N-dealkylation sites (tertiary alicyclic amines) is 1. The number of carbonyl (C=O) groups is 3. The van der Waals surface area contributed by atoms with Crippen molar-refractivity contribution >= 4 is 23.6 Å². The number of piperidine rings is 1. The molecule has 1 aromatic rings. The monoisotopic (exact) mass is 359 g/mol. The van der Waals surface area contributed by atoms with Crippen molar-refractivity contribution in [3.05, 3.63) is 29.8 Å². The Balaban J connectivity index is 1.54. The molecule has 1 aliphatic heterocycles. The summed E-state index contributed by atoms with van der Waals surface area (Å²) in [4.78, 5) is 37.2. The fourth-order valence-electron chi connectivity index (χ4n) is 3.71. The number of benzene rings is 1. The van der Waals surface area contributed by atoms with Gasteiger partial charge in [0.1, 0.15) is 0 Å². The van der Waals surface area contributed by atoms with Crippen LogP contribution in [0.2, 0.25) is 0 Å². The summed E-state index contributed by atoms with van der Waals surface area (Å²) in [5.74, 6) is -0.998. The highest BCUT2D eigenvalue weighted by molar-refractivity contribution is 5.95. The fraction of sp³-hybridized carbons (Fsp3) is 0.526. The second kappa shape index (κ2) is 6.97. The molecule has 1 heterocycles. The summed E-state index contributed by atoms with van der Waals surface area (Å²) in [6.45, 7) is 4.95. The Hall–Kier alpha value is -2.57. The normalized spacial score (nSPS) is 20.7. The minimum absolute atomic E-state index is 0.0467. The molecule has 3 N–H and O–H groups in total. The number of nitrogens with one attached hydrogen (secondary N) is 2. The molecule has 1 unspecified atom stereocenters. The van der Waals surface area contributed by atoms with Crippen LogP contribution >= 0.6 is 0 Å². The molecule has 0 aromatic heterocycles. The van der Waals surface area contributed by atoms with Gasteiger partial charge < -0.3 is 20.6 Å². The van der Waals surface area contributed by atoms with E-state index in [0.717, 1.165) is 19.3 Å². The van der Waals surface area contributed by atoms with Gasteiger partial charge in [0.05, 0.1) is 5.92 Å². The average molecular weight is 359 g/mol. The highest BCUT2D eigenvalue weighted by atomic mass is 16.4. The van der Waals surface area contributed by atoms with Gasteiger partial charge in [-0.25, -0.2) is 4.79 Å². The molecule has 2 aliphatic rings. The molecule has 1 saturated carbocycles. The smallest absolute Gasteiger partial charge is 0.319 e.